The Morgan fingerprint density at radius 1 is 1.25 bits per heavy atom. The minimum Gasteiger partial charge on any atom is -0.306 e. The van der Waals surface area contributed by atoms with Crippen molar-refractivity contribution in [1.29, 1.82) is 0 Å². The Morgan fingerprint density at radius 3 is 2.56 bits per heavy atom. The molecule has 0 saturated heterocycles. The van der Waals surface area contributed by atoms with Gasteiger partial charge in [0.05, 0.1) is 6.04 Å². The van der Waals surface area contributed by atoms with Crippen LogP contribution >= 0.6 is 22.9 Å². The van der Waals surface area contributed by atoms with Crippen LogP contribution in [0.1, 0.15) is 23.4 Å². The first-order chi connectivity index (χ1) is 7.81. The van der Waals surface area contributed by atoms with Gasteiger partial charge in [-0.15, -0.1) is 11.3 Å². The summed E-state index contributed by atoms with van der Waals surface area (Å²) in [7, 11) is 0. The van der Waals surface area contributed by atoms with Gasteiger partial charge in [0.1, 0.15) is 0 Å². The lowest BCUT2D eigenvalue weighted by atomic mass is 10.1. The molecule has 1 nitrogen and oxygen atoms in total. The first kappa shape index (κ1) is 11.6. The molecule has 0 bridgehead atoms. The zero-order chi connectivity index (χ0) is 11.4. The predicted octanol–water partition coefficient (Wildman–Crippen LogP) is 4.10. The fraction of sp³-hybridized carbons (Fsp3) is 0.231. The Balaban J connectivity index is 2.29. The highest BCUT2D eigenvalue weighted by atomic mass is 35.5. The Bertz CT molecular complexity index is 422. The van der Waals surface area contributed by atoms with E-state index >= 15 is 0 Å². The summed E-state index contributed by atoms with van der Waals surface area (Å²) in [5.74, 6) is 0. The molecule has 0 aliphatic rings. The van der Waals surface area contributed by atoms with Crippen LogP contribution in [0.25, 0.3) is 0 Å². The highest BCUT2D eigenvalue weighted by Crippen LogP contribution is 2.26. The van der Waals surface area contributed by atoms with E-state index in [-0.39, 0.29) is 6.04 Å². The molecule has 1 atom stereocenters. The number of hydrogen-bond donors (Lipinski definition) is 1. The van der Waals surface area contributed by atoms with Crippen molar-refractivity contribution in [2.45, 2.75) is 13.0 Å². The van der Waals surface area contributed by atoms with Crippen molar-refractivity contribution < 1.29 is 0 Å². The summed E-state index contributed by atoms with van der Waals surface area (Å²) < 4.78 is 0. The molecule has 0 aliphatic heterocycles. The van der Waals surface area contributed by atoms with Crippen molar-refractivity contribution in [3.05, 3.63) is 57.2 Å². The van der Waals surface area contributed by atoms with Gasteiger partial charge >= 0.3 is 0 Å². The second-order valence-electron chi connectivity index (χ2n) is 3.56. The van der Waals surface area contributed by atoms with E-state index in [0.717, 1.165) is 11.6 Å². The van der Waals surface area contributed by atoms with Crippen LogP contribution < -0.4 is 5.32 Å². The van der Waals surface area contributed by atoms with Gasteiger partial charge in [0.2, 0.25) is 0 Å². The van der Waals surface area contributed by atoms with Crippen LogP contribution in [0.15, 0.2) is 41.8 Å². The third-order valence-electron chi connectivity index (χ3n) is 2.44. The fourth-order valence-electron chi connectivity index (χ4n) is 1.70. The number of halogens is 1. The summed E-state index contributed by atoms with van der Waals surface area (Å²) in [4.78, 5) is 1.34. The Hall–Kier alpha value is -0.830. The van der Waals surface area contributed by atoms with Crippen LogP contribution in [-0.4, -0.2) is 6.54 Å². The second-order valence-corrected chi connectivity index (χ2v) is 4.97. The molecule has 16 heavy (non-hydrogen) atoms. The summed E-state index contributed by atoms with van der Waals surface area (Å²) >= 11 is 7.68. The standard InChI is InChI=1S/C13H14ClNS/c1-2-15-13(12-4-3-9-16-12)10-5-7-11(14)8-6-10/h3-9,13,15H,2H2,1H3. The number of thiophene rings is 1. The maximum Gasteiger partial charge on any atom is 0.0670 e. The van der Waals surface area contributed by atoms with Crippen molar-refractivity contribution in [2.75, 3.05) is 6.54 Å². The van der Waals surface area contributed by atoms with Gasteiger partial charge in [0.25, 0.3) is 0 Å². The summed E-state index contributed by atoms with van der Waals surface area (Å²) in [6.45, 7) is 3.07. The average Bonchev–Trinajstić information content (AvgIpc) is 2.81. The summed E-state index contributed by atoms with van der Waals surface area (Å²) in [6, 6.07) is 12.6. The number of hydrogen-bond acceptors (Lipinski definition) is 2. The van der Waals surface area contributed by atoms with E-state index in [4.69, 9.17) is 11.6 Å². The largest absolute Gasteiger partial charge is 0.306 e. The van der Waals surface area contributed by atoms with Crippen molar-refractivity contribution in [3.8, 4) is 0 Å². The zero-order valence-electron chi connectivity index (χ0n) is 9.11. The molecule has 0 aliphatic carbocycles. The summed E-state index contributed by atoms with van der Waals surface area (Å²) in [5.41, 5.74) is 1.26. The van der Waals surface area contributed by atoms with Crippen LogP contribution in [0.4, 0.5) is 0 Å². The molecule has 1 aromatic heterocycles. The van der Waals surface area contributed by atoms with E-state index < -0.39 is 0 Å². The molecule has 3 heteroatoms. The van der Waals surface area contributed by atoms with E-state index in [1.807, 2.05) is 12.1 Å². The normalized spacial score (nSPS) is 12.6. The van der Waals surface area contributed by atoms with Gasteiger partial charge in [0, 0.05) is 9.90 Å². The Labute approximate surface area is 105 Å². The van der Waals surface area contributed by atoms with Crippen molar-refractivity contribution in [2.24, 2.45) is 0 Å². The van der Waals surface area contributed by atoms with E-state index in [1.54, 1.807) is 11.3 Å². The molecule has 1 N–H and O–H groups in total. The first-order valence-corrected chi connectivity index (χ1v) is 6.59. The summed E-state index contributed by atoms with van der Waals surface area (Å²) in [5, 5.41) is 6.38. The van der Waals surface area contributed by atoms with Crippen LogP contribution in [0.3, 0.4) is 0 Å². The molecule has 1 heterocycles. The maximum absolute atomic E-state index is 5.90. The van der Waals surface area contributed by atoms with E-state index in [9.17, 15) is 0 Å². The smallest absolute Gasteiger partial charge is 0.0670 e. The molecule has 84 valence electrons. The van der Waals surface area contributed by atoms with Crippen LogP contribution in [-0.2, 0) is 0 Å². The second kappa shape index (κ2) is 5.48. The molecule has 2 rings (SSSR count). The number of nitrogens with one attached hydrogen (secondary N) is 1. The predicted molar refractivity (Wildman–Crippen MR) is 71.3 cm³/mol. The van der Waals surface area contributed by atoms with E-state index in [2.05, 4.69) is 41.9 Å². The number of rotatable bonds is 4. The lowest BCUT2D eigenvalue weighted by molar-refractivity contribution is 0.640. The minimum absolute atomic E-state index is 0.280. The van der Waals surface area contributed by atoms with E-state index in [1.165, 1.54) is 10.4 Å². The Morgan fingerprint density at radius 2 is 2.00 bits per heavy atom. The molecule has 0 spiro atoms. The van der Waals surface area contributed by atoms with Crippen molar-refractivity contribution >= 4 is 22.9 Å². The molecule has 2 aromatic rings. The van der Waals surface area contributed by atoms with Gasteiger partial charge in [-0.1, -0.05) is 36.7 Å². The summed E-state index contributed by atoms with van der Waals surface area (Å²) in [6.07, 6.45) is 0. The van der Waals surface area contributed by atoms with Gasteiger partial charge in [-0.3, -0.25) is 0 Å². The van der Waals surface area contributed by atoms with Crippen molar-refractivity contribution in [1.82, 2.24) is 5.32 Å². The molecule has 0 fully saturated rings. The molecule has 1 unspecified atom stereocenters. The highest BCUT2D eigenvalue weighted by molar-refractivity contribution is 7.10. The van der Waals surface area contributed by atoms with Crippen LogP contribution in [0.2, 0.25) is 5.02 Å². The fourth-order valence-corrected chi connectivity index (χ4v) is 2.65. The molecular formula is C13H14ClNS. The topological polar surface area (TPSA) is 12.0 Å². The number of benzene rings is 1. The average molecular weight is 252 g/mol. The zero-order valence-corrected chi connectivity index (χ0v) is 10.7. The van der Waals surface area contributed by atoms with Gasteiger partial charge in [-0.2, -0.15) is 0 Å². The third-order valence-corrected chi connectivity index (χ3v) is 3.63. The first-order valence-electron chi connectivity index (χ1n) is 5.33. The monoisotopic (exact) mass is 251 g/mol. The molecule has 0 radical (unpaired) electrons. The van der Waals surface area contributed by atoms with Crippen LogP contribution in [0, 0.1) is 0 Å². The van der Waals surface area contributed by atoms with Crippen LogP contribution in [0.5, 0.6) is 0 Å². The van der Waals surface area contributed by atoms with Gasteiger partial charge < -0.3 is 5.32 Å². The van der Waals surface area contributed by atoms with Gasteiger partial charge in [-0.25, -0.2) is 0 Å². The van der Waals surface area contributed by atoms with E-state index in [0.29, 0.717) is 0 Å². The Kier molecular flexibility index (Phi) is 3.99. The minimum atomic E-state index is 0.280. The third kappa shape index (κ3) is 2.64. The molecule has 0 saturated carbocycles. The quantitative estimate of drug-likeness (QED) is 0.863. The maximum atomic E-state index is 5.90. The SMILES string of the molecule is CCNC(c1ccc(Cl)cc1)c1cccs1. The molecular weight excluding hydrogens is 238 g/mol. The van der Waals surface area contributed by atoms with Gasteiger partial charge in [0.15, 0.2) is 0 Å². The molecule has 1 aromatic carbocycles. The van der Waals surface area contributed by atoms with Gasteiger partial charge in [-0.05, 0) is 35.7 Å². The van der Waals surface area contributed by atoms with Crippen molar-refractivity contribution in [3.63, 3.8) is 0 Å². The lowest BCUT2D eigenvalue weighted by Crippen LogP contribution is -2.20. The highest BCUT2D eigenvalue weighted by Gasteiger charge is 2.13. The molecule has 0 amide bonds. The lowest BCUT2D eigenvalue weighted by Gasteiger charge is -2.16.